The zero-order valence-electron chi connectivity index (χ0n) is 16.7. The van der Waals surface area contributed by atoms with Crippen LogP contribution in [0, 0.1) is 13.8 Å². The smallest absolute Gasteiger partial charge is 0.338 e. The zero-order chi connectivity index (χ0) is 21.2. The summed E-state index contributed by atoms with van der Waals surface area (Å²) in [5.74, 6) is -0.853. The summed E-state index contributed by atoms with van der Waals surface area (Å²) in [6.45, 7) is 5.61. The molecule has 0 saturated carbocycles. The number of aryl methyl sites for hydroxylation is 2. The van der Waals surface area contributed by atoms with Crippen LogP contribution in [0.25, 0.3) is 0 Å². The highest BCUT2D eigenvalue weighted by Crippen LogP contribution is 2.22. The molecule has 1 heterocycles. The summed E-state index contributed by atoms with van der Waals surface area (Å²) in [5.41, 5.74) is 2.85. The lowest BCUT2D eigenvalue weighted by Gasteiger charge is -2.10. The van der Waals surface area contributed by atoms with E-state index in [4.69, 9.17) is 4.74 Å². The number of hydrogen-bond donors (Lipinski definition) is 2. The summed E-state index contributed by atoms with van der Waals surface area (Å²) < 4.78 is 5.05. The monoisotopic (exact) mass is 416 g/mol. The number of hydrogen-bond acceptors (Lipinski definition) is 7. The maximum absolute atomic E-state index is 12.4. The number of aromatic nitrogens is 2. The lowest BCUT2D eigenvalue weighted by molar-refractivity contribution is -0.123. The number of esters is 1. The molecule has 3 amide bonds. The van der Waals surface area contributed by atoms with Gasteiger partial charge in [0.1, 0.15) is 0 Å². The molecule has 0 fully saturated rings. The van der Waals surface area contributed by atoms with Gasteiger partial charge in [0.15, 0.2) is 11.8 Å². The number of amides is 3. The van der Waals surface area contributed by atoms with E-state index in [0.29, 0.717) is 23.0 Å². The molecule has 0 unspecified atom stereocenters. The Labute approximate surface area is 173 Å². The quantitative estimate of drug-likeness (QED) is 0.387. The van der Waals surface area contributed by atoms with Crippen molar-refractivity contribution in [3.8, 4) is 0 Å². The molecule has 2 N–H and O–H groups in total. The minimum absolute atomic E-state index is 0.354. The number of carbonyl (C=O) groups excluding carboxylic acids is 3. The van der Waals surface area contributed by atoms with Crippen molar-refractivity contribution in [1.29, 1.82) is 0 Å². The Kier molecular flexibility index (Phi) is 8.60. The molecule has 0 aliphatic carbocycles. The van der Waals surface area contributed by atoms with Gasteiger partial charge in [0.25, 0.3) is 5.91 Å². The fourth-order valence-electron chi connectivity index (χ4n) is 2.40. The van der Waals surface area contributed by atoms with Crippen LogP contribution >= 0.6 is 11.8 Å². The van der Waals surface area contributed by atoms with Crippen molar-refractivity contribution in [3.05, 3.63) is 52.8 Å². The molecule has 154 valence electrons. The Morgan fingerprint density at radius 2 is 1.79 bits per heavy atom. The maximum atomic E-state index is 12.4. The number of urea groups is 1. The highest BCUT2D eigenvalue weighted by atomic mass is 32.2. The molecular formula is C20H24N4O4S. The van der Waals surface area contributed by atoms with E-state index in [9.17, 15) is 14.4 Å². The molecule has 0 saturated heterocycles. The van der Waals surface area contributed by atoms with Crippen LogP contribution in [0.2, 0.25) is 0 Å². The average molecular weight is 417 g/mol. The number of ether oxygens (including phenoxy) is 1. The second-order valence-corrected chi connectivity index (χ2v) is 7.20. The van der Waals surface area contributed by atoms with Crippen molar-refractivity contribution in [2.75, 3.05) is 13.2 Å². The largest absolute Gasteiger partial charge is 0.452 e. The summed E-state index contributed by atoms with van der Waals surface area (Å²) in [6.07, 6.45) is 0.749. The Balaban J connectivity index is 1.94. The Hall–Kier alpha value is -2.94. The van der Waals surface area contributed by atoms with Crippen molar-refractivity contribution in [3.63, 3.8) is 0 Å². The molecule has 0 aliphatic rings. The third-order valence-corrected chi connectivity index (χ3v) is 4.57. The molecule has 1 aromatic heterocycles. The predicted molar refractivity (Wildman–Crippen MR) is 110 cm³/mol. The summed E-state index contributed by atoms with van der Waals surface area (Å²) in [5, 5.41) is 5.24. The lowest BCUT2D eigenvalue weighted by atomic mass is 10.1. The SMILES string of the molecule is CCCNC(=O)NC(=O)COC(=O)c1ccccc1CSc1nc(C)cc(C)n1. The van der Waals surface area contributed by atoms with Crippen LogP contribution in [0.3, 0.4) is 0 Å². The van der Waals surface area contributed by atoms with Gasteiger partial charge < -0.3 is 10.1 Å². The number of benzene rings is 1. The number of imide groups is 1. The number of nitrogens with zero attached hydrogens (tertiary/aromatic N) is 2. The summed E-state index contributed by atoms with van der Waals surface area (Å²) in [4.78, 5) is 44.4. The first kappa shape index (κ1) is 22.4. The van der Waals surface area contributed by atoms with Crippen molar-refractivity contribution in [2.24, 2.45) is 0 Å². The van der Waals surface area contributed by atoms with Crippen LogP contribution < -0.4 is 10.6 Å². The third-order valence-electron chi connectivity index (χ3n) is 3.68. The van der Waals surface area contributed by atoms with E-state index >= 15 is 0 Å². The molecule has 2 rings (SSSR count). The maximum Gasteiger partial charge on any atom is 0.338 e. The van der Waals surface area contributed by atoms with E-state index in [1.54, 1.807) is 12.1 Å². The average Bonchev–Trinajstić information content (AvgIpc) is 2.68. The summed E-state index contributed by atoms with van der Waals surface area (Å²) in [7, 11) is 0. The summed E-state index contributed by atoms with van der Waals surface area (Å²) >= 11 is 1.41. The van der Waals surface area contributed by atoms with Gasteiger partial charge in [0, 0.05) is 23.7 Å². The second kappa shape index (κ2) is 11.2. The number of nitrogens with one attached hydrogen (secondary N) is 2. The van der Waals surface area contributed by atoms with Gasteiger partial charge in [-0.15, -0.1) is 0 Å². The van der Waals surface area contributed by atoms with Crippen LogP contribution in [0.1, 0.15) is 40.7 Å². The van der Waals surface area contributed by atoms with Gasteiger partial charge in [-0.05, 0) is 38.0 Å². The first-order valence-corrected chi connectivity index (χ1v) is 10.2. The Morgan fingerprint density at radius 1 is 1.10 bits per heavy atom. The van der Waals surface area contributed by atoms with Gasteiger partial charge in [-0.2, -0.15) is 0 Å². The molecule has 1 aromatic carbocycles. The normalized spacial score (nSPS) is 10.3. The van der Waals surface area contributed by atoms with E-state index in [-0.39, 0.29) is 0 Å². The molecule has 0 aliphatic heterocycles. The first-order chi connectivity index (χ1) is 13.9. The fourth-order valence-corrected chi connectivity index (χ4v) is 3.35. The van der Waals surface area contributed by atoms with Crippen molar-refractivity contribution < 1.29 is 19.1 Å². The second-order valence-electron chi connectivity index (χ2n) is 6.26. The van der Waals surface area contributed by atoms with Crippen LogP contribution in [0.4, 0.5) is 4.79 Å². The standard InChI is InChI=1S/C20H24N4O4S/c1-4-9-21-19(27)24-17(25)11-28-18(26)16-8-6-5-7-15(16)12-29-20-22-13(2)10-14(3)23-20/h5-8,10H,4,9,11-12H2,1-3H3,(H2,21,24,25,27). The van der Waals surface area contributed by atoms with Gasteiger partial charge >= 0.3 is 12.0 Å². The van der Waals surface area contributed by atoms with Gasteiger partial charge in [-0.25, -0.2) is 19.6 Å². The molecule has 0 spiro atoms. The van der Waals surface area contributed by atoms with Crippen LogP contribution in [-0.2, 0) is 15.3 Å². The number of carbonyl (C=O) groups is 3. The first-order valence-electron chi connectivity index (χ1n) is 9.16. The zero-order valence-corrected chi connectivity index (χ0v) is 17.5. The van der Waals surface area contributed by atoms with E-state index in [1.165, 1.54) is 11.8 Å². The Morgan fingerprint density at radius 3 is 2.48 bits per heavy atom. The van der Waals surface area contributed by atoms with Crippen LogP contribution in [-0.4, -0.2) is 41.0 Å². The number of thioether (sulfide) groups is 1. The molecule has 0 radical (unpaired) electrons. The molecule has 0 bridgehead atoms. The van der Waals surface area contributed by atoms with Gasteiger partial charge in [-0.1, -0.05) is 36.9 Å². The lowest BCUT2D eigenvalue weighted by Crippen LogP contribution is -2.41. The molecule has 29 heavy (non-hydrogen) atoms. The molecule has 0 atom stereocenters. The van der Waals surface area contributed by atoms with Crippen molar-refractivity contribution in [2.45, 2.75) is 38.1 Å². The molecular weight excluding hydrogens is 392 g/mol. The van der Waals surface area contributed by atoms with Crippen LogP contribution in [0.5, 0.6) is 0 Å². The molecule has 2 aromatic rings. The fraction of sp³-hybridized carbons (Fsp3) is 0.350. The highest BCUT2D eigenvalue weighted by molar-refractivity contribution is 7.98. The molecule has 9 heteroatoms. The predicted octanol–water partition coefficient (Wildman–Crippen LogP) is 2.78. The third kappa shape index (κ3) is 7.53. The number of rotatable bonds is 8. The van der Waals surface area contributed by atoms with E-state index in [0.717, 1.165) is 23.4 Å². The van der Waals surface area contributed by atoms with Crippen molar-refractivity contribution >= 4 is 29.7 Å². The van der Waals surface area contributed by atoms with E-state index in [1.807, 2.05) is 39.0 Å². The highest BCUT2D eigenvalue weighted by Gasteiger charge is 2.16. The molecule has 8 nitrogen and oxygen atoms in total. The topological polar surface area (TPSA) is 110 Å². The van der Waals surface area contributed by atoms with Gasteiger partial charge in [0.05, 0.1) is 5.56 Å². The minimum atomic E-state index is -0.692. The Bertz CT molecular complexity index is 868. The van der Waals surface area contributed by atoms with Gasteiger partial charge in [-0.3, -0.25) is 10.1 Å². The summed E-state index contributed by atoms with van der Waals surface area (Å²) in [6, 6.07) is 8.26. The minimum Gasteiger partial charge on any atom is -0.452 e. The van der Waals surface area contributed by atoms with Crippen molar-refractivity contribution in [1.82, 2.24) is 20.6 Å². The van der Waals surface area contributed by atoms with E-state index in [2.05, 4.69) is 20.6 Å². The van der Waals surface area contributed by atoms with E-state index < -0.39 is 24.5 Å². The van der Waals surface area contributed by atoms with Crippen LogP contribution in [0.15, 0.2) is 35.5 Å². The van der Waals surface area contributed by atoms with Gasteiger partial charge in [0.2, 0.25) is 0 Å².